The minimum absolute atomic E-state index is 0.0489. The number of hydrogen-bond donors (Lipinski definition) is 0. The Labute approximate surface area is 385 Å². The van der Waals surface area contributed by atoms with Gasteiger partial charge in [-0.05, 0) is 70.6 Å². The summed E-state index contributed by atoms with van der Waals surface area (Å²) in [5.41, 5.74) is 0. The van der Waals surface area contributed by atoms with Gasteiger partial charge in [0.05, 0.1) is 6.61 Å². The molecule has 1 unspecified atom stereocenters. The highest BCUT2D eigenvalue weighted by atomic mass is 16.6. The second-order valence-electron chi connectivity index (χ2n) is 17.8. The molecule has 0 aliphatic rings. The normalized spacial score (nSPS) is 12.6. The number of rotatable bonds is 49. The summed E-state index contributed by atoms with van der Waals surface area (Å²) in [5, 5.41) is 0. The Bertz CT molecular complexity index is 1070. The zero-order valence-corrected chi connectivity index (χ0v) is 41.4. The molecular formula is C57H102O5. The number of carbonyl (C=O) groups is 2. The molecule has 5 heteroatoms. The van der Waals surface area contributed by atoms with E-state index in [9.17, 15) is 9.59 Å². The SMILES string of the molecule is CC/C=C\C/C=C\C/C=C\C/C=C\CCC(=O)OCC(COCCCCCCCCCCCC/C=C\CCCCCCCC)OC(=O)CCCCCCCCCCCCCCC. The molecule has 0 bridgehead atoms. The van der Waals surface area contributed by atoms with Crippen LogP contribution < -0.4 is 0 Å². The van der Waals surface area contributed by atoms with E-state index >= 15 is 0 Å². The van der Waals surface area contributed by atoms with Crippen LogP contribution in [0.25, 0.3) is 0 Å². The molecule has 62 heavy (non-hydrogen) atoms. The molecule has 360 valence electrons. The average molecular weight is 867 g/mol. The van der Waals surface area contributed by atoms with E-state index in [4.69, 9.17) is 14.2 Å². The molecular weight excluding hydrogens is 765 g/mol. The Balaban J connectivity index is 4.27. The van der Waals surface area contributed by atoms with Crippen molar-refractivity contribution in [1.82, 2.24) is 0 Å². The predicted octanol–water partition coefficient (Wildman–Crippen LogP) is 18.1. The van der Waals surface area contributed by atoms with E-state index in [-0.39, 0.29) is 25.2 Å². The standard InChI is InChI=1S/C57H102O5/c1-4-7-10-13-16-19-22-25-26-27-28-29-30-31-34-37-40-43-46-49-52-60-53-55(62-57(59)51-48-45-42-39-36-33-24-21-18-15-12-9-6-3)54-61-56(58)50-47-44-41-38-35-32-23-20-17-14-11-8-5-2/h8,11,17,20,25-26,32,35,41,44,55H,4-7,9-10,12-16,18-19,21-24,27-31,33-34,36-40,42-43,45-54H2,1-3H3/b11-8-,20-17-,26-25-,35-32-,44-41-. The topological polar surface area (TPSA) is 61.8 Å². The lowest BCUT2D eigenvalue weighted by atomic mass is 10.0. The van der Waals surface area contributed by atoms with Gasteiger partial charge in [-0.15, -0.1) is 0 Å². The van der Waals surface area contributed by atoms with E-state index in [1.54, 1.807) is 0 Å². The minimum Gasteiger partial charge on any atom is -0.462 e. The maximum Gasteiger partial charge on any atom is 0.306 e. The Morgan fingerprint density at radius 3 is 1.23 bits per heavy atom. The van der Waals surface area contributed by atoms with Gasteiger partial charge < -0.3 is 14.2 Å². The molecule has 0 aliphatic heterocycles. The summed E-state index contributed by atoms with van der Waals surface area (Å²) >= 11 is 0. The van der Waals surface area contributed by atoms with Gasteiger partial charge in [-0.3, -0.25) is 9.59 Å². The first-order chi connectivity index (χ1) is 30.6. The smallest absolute Gasteiger partial charge is 0.306 e. The van der Waals surface area contributed by atoms with Crippen molar-refractivity contribution in [2.75, 3.05) is 19.8 Å². The van der Waals surface area contributed by atoms with Gasteiger partial charge in [0, 0.05) is 19.4 Å². The second kappa shape index (κ2) is 52.9. The molecule has 0 aromatic carbocycles. The molecule has 0 rings (SSSR count). The third kappa shape index (κ3) is 50.2. The number of ether oxygens (including phenoxy) is 3. The largest absolute Gasteiger partial charge is 0.462 e. The van der Waals surface area contributed by atoms with Crippen LogP contribution in [0.1, 0.15) is 265 Å². The van der Waals surface area contributed by atoms with Crippen molar-refractivity contribution < 1.29 is 23.8 Å². The number of esters is 2. The van der Waals surface area contributed by atoms with Crippen molar-refractivity contribution in [3.05, 3.63) is 60.8 Å². The summed E-state index contributed by atoms with van der Waals surface area (Å²) in [6.07, 6.45) is 66.8. The number of carbonyl (C=O) groups excluding carboxylic acids is 2. The van der Waals surface area contributed by atoms with Crippen molar-refractivity contribution in [3.63, 3.8) is 0 Å². The quantitative estimate of drug-likeness (QED) is 0.0346. The van der Waals surface area contributed by atoms with Gasteiger partial charge in [0.2, 0.25) is 0 Å². The molecule has 0 spiro atoms. The van der Waals surface area contributed by atoms with Gasteiger partial charge in [-0.2, -0.15) is 0 Å². The summed E-state index contributed by atoms with van der Waals surface area (Å²) < 4.78 is 17.4. The molecule has 0 N–H and O–H groups in total. The van der Waals surface area contributed by atoms with Gasteiger partial charge in [0.1, 0.15) is 6.61 Å². The van der Waals surface area contributed by atoms with Crippen LogP contribution in [0.15, 0.2) is 60.8 Å². The van der Waals surface area contributed by atoms with Gasteiger partial charge in [0.25, 0.3) is 0 Å². The molecule has 1 atom stereocenters. The zero-order valence-electron chi connectivity index (χ0n) is 41.4. The molecule has 5 nitrogen and oxygen atoms in total. The third-order valence-corrected chi connectivity index (χ3v) is 11.6. The van der Waals surface area contributed by atoms with Crippen molar-refractivity contribution in [2.45, 2.75) is 271 Å². The zero-order chi connectivity index (χ0) is 44.9. The summed E-state index contributed by atoms with van der Waals surface area (Å²) in [6, 6.07) is 0. The molecule has 0 saturated carbocycles. The Morgan fingerprint density at radius 1 is 0.371 bits per heavy atom. The fourth-order valence-corrected chi connectivity index (χ4v) is 7.58. The highest BCUT2D eigenvalue weighted by Gasteiger charge is 2.17. The second-order valence-corrected chi connectivity index (χ2v) is 17.8. The lowest BCUT2D eigenvalue weighted by molar-refractivity contribution is -0.162. The third-order valence-electron chi connectivity index (χ3n) is 11.6. The van der Waals surface area contributed by atoms with Crippen LogP contribution in [0.2, 0.25) is 0 Å². The number of unbranched alkanes of at least 4 members (excludes halogenated alkanes) is 28. The van der Waals surface area contributed by atoms with Crippen molar-refractivity contribution in [3.8, 4) is 0 Å². The van der Waals surface area contributed by atoms with Crippen LogP contribution in [-0.2, 0) is 23.8 Å². The molecule has 0 fully saturated rings. The molecule has 0 amide bonds. The van der Waals surface area contributed by atoms with Crippen LogP contribution >= 0.6 is 0 Å². The first kappa shape index (κ1) is 59.6. The highest BCUT2D eigenvalue weighted by Crippen LogP contribution is 2.15. The van der Waals surface area contributed by atoms with E-state index < -0.39 is 6.10 Å². The lowest BCUT2D eigenvalue weighted by Crippen LogP contribution is -2.30. The molecule has 0 radical (unpaired) electrons. The fourth-order valence-electron chi connectivity index (χ4n) is 7.58. The Morgan fingerprint density at radius 2 is 0.758 bits per heavy atom. The van der Waals surface area contributed by atoms with Crippen LogP contribution in [-0.4, -0.2) is 37.9 Å². The van der Waals surface area contributed by atoms with Crippen molar-refractivity contribution in [1.29, 1.82) is 0 Å². The Kier molecular flexibility index (Phi) is 50.9. The van der Waals surface area contributed by atoms with E-state index in [2.05, 4.69) is 75.5 Å². The van der Waals surface area contributed by atoms with Gasteiger partial charge in [-0.25, -0.2) is 0 Å². The monoisotopic (exact) mass is 867 g/mol. The maximum atomic E-state index is 12.8. The van der Waals surface area contributed by atoms with Gasteiger partial charge >= 0.3 is 11.9 Å². The maximum absolute atomic E-state index is 12.8. The average Bonchev–Trinajstić information content (AvgIpc) is 3.27. The van der Waals surface area contributed by atoms with Crippen LogP contribution in [0.4, 0.5) is 0 Å². The van der Waals surface area contributed by atoms with Gasteiger partial charge in [0.15, 0.2) is 6.10 Å². The molecule has 0 aromatic heterocycles. The van der Waals surface area contributed by atoms with E-state index in [0.717, 1.165) is 51.4 Å². The molecule has 0 aliphatic carbocycles. The van der Waals surface area contributed by atoms with E-state index in [1.165, 1.54) is 173 Å². The molecule has 0 heterocycles. The first-order valence-electron chi connectivity index (χ1n) is 26.8. The summed E-state index contributed by atoms with van der Waals surface area (Å²) in [6.45, 7) is 7.66. The van der Waals surface area contributed by atoms with Crippen LogP contribution in [0.5, 0.6) is 0 Å². The summed E-state index contributed by atoms with van der Waals surface area (Å²) in [5.74, 6) is -0.482. The summed E-state index contributed by atoms with van der Waals surface area (Å²) in [4.78, 5) is 25.3. The minimum atomic E-state index is -0.563. The first-order valence-corrected chi connectivity index (χ1v) is 26.8. The summed E-state index contributed by atoms with van der Waals surface area (Å²) in [7, 11) is 0. The predicted molar refractivity (Wildman–Crippen MR) is 270 cm³/mol. The van der Waals surface area contributed by atoms with Gasteiger partial charge in [-0.1, -0.05) is 242 Å². The number of allylic oxidation sites excluding steroid dienone is 10. The van der Waals surface area contributed by atoms with E-state index in [1.807, 2.05) is 6.08 Å². The molecule has 0 saturated heterocycles. The van der Waals surface area contributed by atoms with Crippen molar-refractivity contribution in [2.24, 2.45) is 0 Å². The number of hydrogen-bond acceptors (Lipinski definition) is 5. The Hall–Kier alpha value is -2.40. The van der Waals surface area contributed by atoms with Crippen molar-refractivity contribution >= 4 is 11.9 Å². The van der Waals surface area contributed by atoms with Crippen LogP contribution in [0, 0.1) is 0 Å². The molecule has 0 aromatic rings. The highest BCUT2D eigenvalue weighted by molar-refractivity contribution is 5.70. The van der Waals surface area contributed by atoms with Crippen LogP contribution in [0.3, 0.4) is 0 Å². The van der Waals surface area contributed by atoms with E-state index in [0.29, 0.717) is 25.9 Å². The fraction of sp³-hybridized carbons (Fsp3) is 0.789. The lowest BCUT2D eigenvalue weighted by Gasteiger charge is -2.18.